The lowest BCUT2D eigenvalue weighted by molar-refractivity contribution is 1.19. The summed E-state index contributed by atoms with van der Waals surface area (Å²) in [6, 6.07) is 56.0. The van der Waals surface area contributed by atoms with E-state index in [0.29, 0.717) is 0 Å². The highest BCUT2D eigenvalue weighted by atomic mass is 32.1. The summed E-state index contributed by atoms with van der Waals surface area (Å²) in [5, 5.41) is 13.0. The van der Waals surface area contributed by atoms with E-state index in [0.717, 1.165) is 0 Å². The van der Waals surface area contributed by atoms with Crippen molar-refractivity contribution in [2.24, 2.45) is 0 Å². The maximum atomic E-state index is 2.49. The number of thiophene rings is 1. The number of hydrogen-bond acceptors (Lipinski definition) is 1. The molecule has 0 amide bonds. The minimum atomic E-state index is 1.18. The lowest BCUT2D eigenvalue weighted by Crippen LogP contribution is -1.96. The molecule has 2 aromatic heterocycles. The van der Waals surface area contributed by atoms with Gasteiger partial charge in [0, 0.05) is 42.2 Å². The van der Waals surface area contributed by atoms with E-state index in [1.807, 2.05) is 11.3 Å². The standard InChI is InChI=1S/C42H25NS/c1-2-12-31-29(10-1)30-11-3-4-13-32(30)37-25-27(21-22-33(31)37)43-39-18-7-5-14-34(39)36-17-9-16-28(42(36)43)26-20-23-41-38(24-26)35-15-6-8-19-40(35)44-41/h1-25H. The average molecular weight is 576 g/mol. The summed E-state index contributed by atoms with van der Waals surface area (Å²) in [6.45, 7) is 0. The van der Waals surface area contributed by atoms with Gasteiger partial charge in [0.2, 0.25) is 0 Å². The highest BCUT2D eigenvalue weighted by molar-refractivity contribution is 7.25. The minimum Gasteiger partial charge on any atom is -0.309 e. The van der Waals surface area contributed by atoms with Gasteiger partial charge in [-0.25, -0.2) is 0 Å². The first-order chi connectivity index (χ1) is 21.8. The second kappa shape index (κ2) is 9.03. The topological polar surface area (TPSA) is 4.93 Å². The Morgan fingerprint density at radius 2 is 0.955 bits per heavy atom. The van der Waals surface area contributed by atoms with E-state index in [1.54, 1.807) is 0 Å². The van der Waals surface area contributed by atoms with Crippen LogP contribution < -0.4 is 0 Å². The summed E-state index contributed by atoms with van der Waals surface area (Å²) >= 11 is 1.87. The van der Waals surface area contributed by atoms with Crippen LogP contribution in [0.15, 0.2) is 152 Å². The van der Waals surface area contributed by atoms with Crippen LogP contribution in [0, 0.1) is 0 Å². The molecule has 0 saturated carbocycles. The smallest absolute Gasteiger partial charge is 0.0619 e. The van der Waals surface area contributed by atoms with Crippen LogP contribution >= 0.6 is 11.3 Å². The molecule has 1 nitrogen and oxygen atoms in total. The summed E-state index contributed by atoms with van der Waals surface area (Å²) in [4.78, 5) is 0. The Morgan fingerprint density at radius 1 is 0.364 bits per heavy atom. The Hall–Kier alpha value is -5.44. The first-order valence-electron chi connectivity index (χ1n) is 15.1. The minimum absolute atomic E-state index is 1.18. The first-order valence-corrected chi connectivity index (χ1v) is 15.9. The normalized spacial score (nSPS) is 12.1. The molecule has 0 fully saturated rings. The van der Waals surface area contributed by atoms with Crippen molar-refractivity contribution in [2.45, 2.75) is 0 Å². The van der Waals surface area contributed by atoms with Crippen molar-refractivity contribution in [1.82, 2.24) is 4.57 Å². The van der Waals surface area contributed by atoms with Crippen LogP contribution in [0.3, 0.4) is 0 Å². The molecule has 0 atom stereocenters. The Kier molecular flexibility index (Phi) is 4.94. The van der Waals surface area contributed by atoms with Crippen LogP contribution in [0.25, 0.3) is 91.1 Å². The van der Waals surface area contributed by atoms with E-state index in [1.165, 1.54) is 91.1 Å². The fourth-order valence-electron chi connectivity index (χ4n) is 7.45. The predicted octanol–water partition coefficient (Wildman–Crippen LogP) is 12.3. The quantitative estimate of drug-likeness (QED) is 0.181. The number of para-hydroxylation sites is 2. The zero-order valence-electron chi connectivity index (χ0n) is 23.8. The van der Waals surface area contributed by atoms with Crippen molar-refractivity contribution in [3.8, 4) is 16.8 Å². The second-order valence-electron chi connectivity index (χ2n) is 11.7. The molecule has 0 saturated heterocycles. The average Bonchev–Trinajstić information content (AvgIpc) is 3.64. The molecule has 0 bridgehead atoms. The van der Waals surface area contributed by atoms with E-state index >= 15 is 0 Å². The van der Waals surface area contributed by atoms with Gasteiger partial charge in [-0.05, 0) is 74.3 Å². The third kappa shape index (κ3) is 3.29. The lowest BCUT2D eigenvalue weighted by atomic mass is 9.94. The van der Waals surface area contributed by atoms with Crippen molar-refractivity contribution >= 4 is 85.6 Å². The fraction of sp³-hybridized carbons (Fsp3) is 0. The number of fused-ring (bicyclic) bond motifs is 12. The molecule has 10 aromatic rings. The second-order valence-corrected chi connectivity index (χ2v) is 12.8. The van der Waals surface area contributed by atoms with Gasteiger partial charge >= 0.3 is 0 Å². The molecule has 2 heteroatoms. The van der Waals surface area contributed by atoms with Gasteiger partial charge < -0.3 is 4.57 Å². The molecule has 0 N–H and O–H groups in total. The van der Waals surface area contributed by atoms with Crippen LogP contribution in [0.1, 0.15) is 0 Å². The Balaban J connectivity index is 1.31. The highest BCUT2D eigenvalue weighted by Gasteiger charge is 2.18. The lowest BCUT2D eigenvalue weighted by Gasteiger charge is -2.15. The number of hydrogen-bond donors (Lipinski definition) is 0. The summed E-state index contributed by atoms with van der Waals surface area (Å²) in [6.07, 6.45) is 0. The molecule has 204 valence electrons. The largest absolute Gasteiger partial charge is 0.309 e. The van der Waals surface area contributed by atoms with E-state index in [9.17, 15) is 0 Å². The van der Waals surface area contributed by atoms with E-state index in [2.05, 4.69) is 156 Å². The molecule has 0 spiro atoms. The number of nitrogens with zero attached hydrogens (tertiary/aromatic N) is 1. The molecule has 0 aliphatic carbocycles. The van der Waals surface area contributed by atoms with Gasteiger partial charge in [-0.2, -0.15) is 0 Å². The number of aromatic nitrogens is 1. The zero-order valence-corrected chi connectivity index (χ0v) is 24.6. The van der Waals surface area contributed by atoms with Crippen molar-refractivity contribution < 1.29 is 0 Å². The van der Waals surface area contributed by atoms with Crippen LogP contribution in [0.5, 0.6) is 0 Å². The maximum absolute atomic E-state index is 2.49. The maximum Gasteiger partial charge on any atom is 0.0619 e. The van der Waals surface area contributed by atoms with Gasteiger partial charge in [0.05, 0.1) is 11.0 Å². The van der Waals surface area contributed by atoms with Crippen LogP contribution in [0.4, 0.5) is 0 Å². The highest BCUT2D eigenvalue weighted by Crippen LogP contribution is 2.42. The van der Waals surface area contributed by atoms with Crippen molar-refractivity contribution in [3.63, 3.8) is 0 Å². The third-order valence-electron chi connectivity index (χ3n) is 9.37. The molecule has 2 heterocycles. The van der Waals surface area contributed by atoms with Crippen molar-refractivity contribution in [2.75, 3.05) is 0 Å². The first kappa shape index (κ1) is 24.0. The fourth-order valence-corrected chi connectivity index (χ4v) is 8.53. The molecular weight excluding hydrogens is 551 g/mol. The molecule has 0 aliphatic rings. The summed E-state index contributed by atoms with van der Waals surface area (Å²) in [5.41, 5.74) is 6.14. The van der Waals surface area contributed by atoms with Gasteiger partial charge in [-0.1, -0.05) is 115 Å². The molecule has 44 heavy (non-hydrogen) atoms. The summed E-state index contributed by atoms with van der Waals surface area (Å²) in [7, 11) is 0. The van der Waals surface area contributed by atoms with E-state index < -0.39 is 0 Å². The monoisotopic (exact) mass is 575 g/mol. The van der Waals surface area contributed by atoms with E-state index in [-0.39, 0.29) is 0 Å². The molecule has 0 unspecified atom stereocenters. The van der Waals surface area contributed by atoms with Crippen molar-refractivity contribution in [3.05, 3.63) is 152 Å². The Morgan fingerprint density at radius 3 is 1.73 bits per heavy atom. The number of benzene rings is 8. The van der Waals surface area contributed by atoms with Crippen LogP contribution in [-0.2, 0) is 0 Å². The summed E-state index contributed by atoms with van der Waals surface area (Å²) in [5.74, 6) is 0. The Labute approximate surface area is 257 Å². The SMILES string of the molecule is c1ccc2c(c1)sc1ccc(-c3cccc4c5ccccc5n(-c5ccc6c7ccccc7c7ccccc7c6c5)c34)cc12. The van der Waals surface area contributed by atoms with Crippen LogP contribution in [-0.4, -0.2) is 4.57 Å². The molecule has 0 radical (unpaired) electrons. The van der Waals surface area contributed by atoms with Gasteiger partial charge in [0.15, 0.2) is 0 Å². The van der Waals surface area contributed by atoms with E-state index in [4.69, 9.17) is 0 Å². The molecule has 10 rings (SSSR count). The molecule has 8 aromatic carbocycles. The van der Waals surface area contributed by atoms with Crippen LogP contribution in [0.2, 0.25) is 0 Å². The zero-order chi connectivity index (χ0) is 28.8. The van der Waals surface area contributed by atoms with Gasteiger partial charge in [-0.15, -0.1) is 11.3 Å². The molecular formula is C42H25NS. The van der Waals surface area contributed by atoms with Gasteiger partial charge in [-0.3, -0.25) is 0 Å². The van der Waals surface area contributed by atoms with Gasteiger partial charge in [0.1, 0.15) is 0 Å². The third-order valence-corrected chi connectivity index (χ3v) is 10.5. The summed E-state index contributed by atoms with van der Waals surface area (Å²) < 4.78 is 5.15. The molecule has 0 aliphatic heterocycles. The van der Waals surface area contributed by atoms with Gasteiger partial charge in [0.25, 0.3) is 0 Å². The van der Waals surface area contributed by atoms with Crippen molar-refractivity contribution in [1.29, 1.82) is 0 Å². The Bertz CT molecular complexity index is 2740. The predicted molar refractivity (Wildman–Crippen MR) is 192 cm³/mol. The number of rotatable bonds is 2.